The van der Waals surface area contributed by atoms with E-state index < -0.39 is 0 Å². The SMILES string of the molecule is CONC(=O)C1NCCC1C. The number of rotatable bonds is 2. The van der Waals surface area contributed by atoms with Gasteiger partial charge in [0.2, 0.25) is 0 Å². The van der Waals surface area contributed by atoms with E-state index in [-0.39, 0.29) is 11.9 Å². The maximum Gasteiger partial charge on any atom is 0.260 e. The van der Waals surface area contributed by atoms with Gasteiger partial charge in [-0.1, -0.05) is 6.92 Å². The van der Waals surface area contributed by atoms with E-state index in [0.717, 1.165) is 13.0 Å². The first kappa shape index (κ1) is 8.49. The molecule has 1 rings (SSSR count). The van der Waals surface area contributed by atoms with Crippen molar-refractivity contribution in [2.24, 2.45) is 5.92 Å². The first-order valence-corrected chi connectivity index (χ1v) is 3.82. The predicted molar refractivity (Wildman–Crippen MR) is 40.7 cm³/mol. The Balaban J connectivity index is 2.39. The number of amides is 1. The molecule has 1 fully saturated rings. The molecule has 11 heavy (non-hydrogen) atoms. The molecule has 0 aromatic carbocycles. The molecule has 4 heteroatoms. The monoisotopic (exact) mass is 158 g/mol. The van der Waals surface area contributed by atoms with Crippen molar-refractivity contribution in [3.05, 3.63) is 0 Å². The summed E-state index contributed by atoms with van der Waals surface area (Å²) in [7, 11) is 1.44. The highest BCUT2D eigenvalue weighted by Gasteiger charge is 2.28. The molecule has 0 bridgehead atoms. The van der Waals surface area contributed by atoms with Crippen molar-refractivity contribution in [3.8, 4) is 0 Å². The molecule has 0 aromatic heterocycles. The first-order chi connectivity index (χ1) is 5.25. The van der Waals surface area contributed by atoms with Crippen LogP contribution in [0.4, 0.5) is 0 Å². The molecule has 2 unspecified atom stereocenters. The van der Waals surface area contributed by atoms with Crippen LogP contribution in [0, 0.1) is 5.92 Å². The van der Waals surface area contributed by atoms with Crippen LogP contribution in [0.5, 0.6) is 0 Å². The summed E-state index contributed by atoms with van der Waals surface area (Å²) >= 11 is 0. The molecule has 1 saturated heterocycles. The van der Waals surface area contributed by atoms with Gasteiger partial charge >= 0.3 is 0 Å². The first-order valence-electron chi connectivity index (χ1n) is 3.82. The van der Waals surface area contributed by atoms with E-state index in [9.17, 15) is 4.79 Å². The molecule has 1 amide bonds. The van der Waals surface area contributed by atoms with E-state index >= 15 is 0 Å². The highest BCUT2D eigenvalue weighted by molar-refractivity contribution is 5.81. The second-order valence-electron chi connectivity index (χ2n) is 2.87. The van der Waals surface area contributed by atoms with Gasteiger partial charge < -0.3 is 5.32 Å². The van der Waals surface area contributed by atoms with Crippen LogP contribution in [0.15, 0.2) is 0 Å². The van der Waals surface area contributed by atoms with Crippen molar-refractivity contribution in [3.63, 3.8) is 0 Å². The van der Waals surface area contributed by atoms with Gasteiger partial charge in [-0.2, -0.15) is 0 Å². The maximum atomic E-state index is 11.2. The van der Waals surface area contributed by atoms with Crippen molar-refractivity contribution in [2.75, 3.05) is 13.7 Å². The minimum absolute atomic E-state index is 0.0718. The Bertz CT molecular complexity index is 149. The largest absolute Gasteiger partial charge is 0.306 e. The maximum absolute atomic E-state index is 11.2. The Morgan fingerprint density at radius 2 is 2.45 bits per heavy atom. The van der Waals surface area contributed by atoms with Crippen LogP contribution >= 0.6 is 0 Å². The van der Waals surface area contributed by atoms with Gasteiger partial charge in [0.05, 0.1) is 13.2 Å². The van der Waals surface area contributed by atoms with Crippen molar-refractivity contribution in [2.45, 2.75) is 19.4 Å². The Kier molecular flexibility index (Phi) is 2.84. The smallest absolute Gasteiger partial charge is 0.260 e. The fourth-order valence-electron chi connectivity index (χ4n) is 1.35. The summed E-state index contributed by atoms with van der Waals surface area (Å²) in [5.41, 5.74) is 2.32. The molecular weight excluding hydrogens is 144 g/mol. The molecule has 0 spiro atoms. The molecular formula is C7H14N2O2. The average molecular weight is 158 g/mol. The van der Waals surface area contributed by atoms with Gasteiger partial charge in [0.25, 0.3) is 5.91 Å². The van der Waals surface area contributed by atoms with Crippen LogP contribution in [-0.2, 0) is 9.63 Å². The molecule has 0 saturated carbocycles. The van der Waals surface area contributed by atoms with E-state index in [1.807, 2.05) is 0 Å². The summed E-state index contributed by atoms with van der Waals surface area (Å²) in [6.07, 6.45) is 1.06. The van der Waals surface area contributed by atoms with Crippen molar-refractivity contribution in [1.82, 2.24) is 10.8 Å². The van der Waals surface area contributed by atoms with Crippen LogP contribution in [0.25, 0.3) is 0 Å². The Hall–Kier alpha value is -0.610. The van der Waals surface area contributed by atoms with Crippen LogP contribution in [0.1, 0.15) is 13.3 Å². The topological polar surface area (TPSA) is 50.4 Å². The molecule has 4 nitrogen and oxygen atoms in total. The van der Waals surface area contributed by atoms with Gasteiger partial charge in [0, 0.05) is 0 Å². The molecule has 0 aromatic rings. The summed E-state index contributed by atoms with van der Waals surface area (Å²) in [5, 5.41) is 3.10. The fraction of sp³-hybridized carbons (Fsp3) is 0.857. The molecule has 1 aliphatic heterocycles. The lowest BCUT2D eigenvalue weighted by Crippen LogP contribution is -2.42. The van der Waals surface area contributed by atoms with Gasteiger partial charge in [-0.15, -0.1) is 0 Å². The van der Waals surface area contributed by atoms with Gasteiger partial charge in [-0.3, -0.25) is 9.63 Å². The number of hydrogen-bond acceptors (Lipinski definition) is 3. The summed E-state index contributed by atoms with van der Waals surface area (Å²) in [6, 6.07) is -0.0741. The zero-order valence-electron chi connectivity index (χ0n) is 6.89. The molecule has 0 radical (unpaired) electrons. The fourth-order valence-corrected chi connectivity index (χ4v) is 1.35. The van der Waals surface area contributed by atoms with Gasteiger partial charge in [-0.25, -0.2) is 5.48 Å². The highest BCUT2D eigenvalue weighted by Crippen LogP contribution is 2.13. The highest BCUT2D eigenvalue weighted by atomic mass is 16.6. The van der Waals surface area contributed by atoms with Crippen LogP contribution < -0.4 is 10.8 Å². The van der Waals surface area contributed by atoms with Gasteiger partial charge in [0.15, 0.2) is 0 Å². The lowest BCUT2D eigenvalue weighted by Gasteiger charge is -2.13. The third-order valence-electron chi connectivity index (χ3n) is 2.02. The molecule has 1 aliphatic rings. The van der Waals surface area contributed by atoms with E-state index in [2.05, 4.69) is 22.6 Å². The lowest BCUT2D eigenvalue weighted by molar-refractivity contribution is -0.133. The molecule has 2 N–H and O–H groups in total. The summed E-state index contributed by atoms with van der Waals surface area (Å²) < 4.78 is 0. The van der Waals surface area contributed by atoms with Crippen LogP contribution in [0.2, 0.25) is 0 Å². The van der Waals surface area contributed by atoms with Crippen LogP contribution in [-0.4, -0.2) is 25.6 Å². The molecule has 2 atom stereocenters. The molecule has 0 aliphatic carbocycles. The minimum atomic E-state index is -0.0741. The predicted octanol–water partition coefficient (Wildman–Crippen LogP) is -0.338. The number of carbonyl (C=O) groups is 1. The van der Waals surface area contributed by atoms with E-state index in [0.29, 0.717) is 5.92 Å². The quantitative estimate of drug-likeness (QED) is 0.541. The Morgan fingerprint density at radius 3 is 2.91 bits per heavy atom. The van der Waals surface area contributed by atoms with Gasteiger partial charge in [-0.05, 0) is 18.9 Å². The summed E-state index contributed by atoms with van der Waals surface area (Å²) in [6.45, 7) is 2.98. The zero-order chi connectivity index (χ0) is 8.27. The van der Waals surface area contributed by atoms with Gasteiger partial charge in [0.1, 0.15) is 0 Å². The van der Waals surface area contributed by atoms with Crippen molar-refractivity contribution >= 4 is 5.91 Å². The Labute approximate surface area is 66.3 Å². The lowest BCUT2D eigenvalue weighted by atomic mass is 10.0. The normalized spacial score (nSPS) is 30.4. The van der Waals surface area contributed by atoms with Crippen LogP contribution in [0.3, 0.4) is 0 Å². The minimum Gasteiger partial charge on any atom is -0.306 e. The summed E-state index contributed by atoms with van der Waals surface area (Å²) in [5.74, 6) is 0.336. The van der Waals surface area contributed by atoms with Crippen molar-refractivity contribution in [1.29, 1.82) is 0 Å². The second-order valence-corrected chi connectivity index (χ2v) is 2.87. The number of hydroxylamine groups is 1. The summed E-state index contributed by atoms with van der Waals surface area (Å²) in [4.78, 5) is 15.7. The second kappa shape index (κ2) is 3.69. The third kappa shape index (κ3) is 1.91. The number of nitrogens with one attached hydrogen (secondary N) is 2. The average Bonchev–Trinajstić information content (AvgIpc) is 2.36. The van der Waals surface area contributed by atoms with E-state index in [4.69, 9.17) is 0 Å². The number of carbonyl (C=O) groups excluding carboxylic acids is 1. The van der Waals surface area contributed by atoms with E-state index in [1.54, 1.807) is 0 Å². The zero-order valence-corrected chi connectivity index (χ0v) is 6.89. The molecule has 1 heterocycles. The van der Waals surface area contributed by atoms with Crippen molar-refractivity contribution < 1.29 is 9.63 Å². The number of hydrogen-bond donors (Lipinski definition) is 2. The standard InChI is InChI=1S/C7H14N2O2/c1-5-3-4-8-6(5)7(10)9-11-2/h5-6,8H,3-4H2,1-2H3,(H,9,10). The van der Waals surface area contributed by atoms with E-state index in [1.165, 1.54) is 7.11 Å². The Morgan fingerprint density at radius 1 is 1.73 bits per heavy atom. The third-order valence-corrected chi connectivity index (χ3v) is 2.02. The molecule has 64 valence electrons.